The molecule has 11 nitrogen and oxygen atoms in total. The van der Waals surface area contributed by atoms with Gasteiger partial charge in [0.25, 0.3) is 5.91 Å². The molecule has 0 atom stereocenters. The number of aromatic amines is 1. The lowest BCUT2D eigenvalue weighted by atomic mass is 10.1. The first kappa shape index (κ1) is 29.8. The van der Waals surface area contributed by atoms with Gasteiger partial charge in [0.15, 0.2) is 5.82 Å². The zero-order chi connectivity index (χ0) is 31.0. The van der Waals surface area contributed by atoms with E-state index in [1.165, 1.54) is 0 Å². The molecule has 2 aromatic carbocycles. The predicted octanol–water partition coefficient (Wildman–Crippen LogP) is 3.39. The highest BCUT2D eigenvalue weighted by Gasteiger charge is 2.32. The van der Waals surface area contributed by atoms with Crippen LogP contribution >= 0.6 is 0 Å². The van der Waals surface area contributed by atoms with E-state index in [9.17, 15) is 22.0 Å². The van der Waals surface area contributed by atoms with Crippen molar-refractivity contribution >= 4 is 33.1 Å². The van der Waals surface area contributed by atoms with E-state index < -0.39 is 32.5 Å². The average Bonchev–Trinajstić information content (AvgIpc) is 3.60. The summed E-state index contributed by atoms with van der Waals surface area (Å²) in [7, 11) is -0.147. The molecule has 0 spiro atoms. The van der Waals surface area contributed by atoms with Crippen LogP contribution in [0.2, 0.25) is 0 Å². The molecule has 2 aromatic heterocycles. The fraction of sp³-hybridized carbons (Fsp3) is 0.333. The zero-order valence-corrected chi connectivity index (χ0v) is 25.3. The first-order valence-electron chi connectivity index (χ1n) is 14.3. The average molecular weight is 625 g/mol. The maximum atomic E-state index is 13.8. The van der Waals surface area contributed by atoms with E-state index in [1.54, 1.807) is 6.07 Å². The molecule has 1 fully saturated rings. The van der Waals surface area contributed by atoms with Gasteiger partial charge in [-0.05, 0) is 49.5 Å². The maximum Gasteiger partial charge on any atom is 0.258 e. The van der Waals surface area contributed by atoms with Crippen molar-refractivity contribution in [2.75, 3.05) is 55.3 Å². The Morgan fingerprint density at radius 2 is 1.75 bits per heavy atom. The molecular formula is C30H34F2N8O3S. The number of hydrogen-bond donors (Lipinski definition) is 3. The summed E-state index contributed by atoms with van der Waals surface area (Å²) >= 11 is 0. The quantitative estimate of drug-likeness (QED) is 0.275. The van der Waals surface area contributed by atoms with Gasteiger partial charge in [-0.15, -0.1) is 0 Å². The highest BCUT2D eigenvalue weighted by Crippen LogP contribution is 2.31. The van der Waals surface area contributed by atoms with Crippen molar-refractivity contribution in [3.05, 3.63) is 88.9 Å². The minimum absolute atomic E-state index is 0.0873. The van der Waals surface area contributed by atoms with Crippen molar-refractivity contribution < 1.29 is 22.0 Å². The molecule has 0 aliphatic carbocycles. The van der Waals surface area contributed by atoms with Gasteiger partial charge in [0.1, 0.15) is 11.6 Å². The number of H-pyrrole nitrogens is 1. The fourth-order valence-electron chi connectivity index (χ4n) is 5.58. The third-order valence-electron chi connectivity index (χ3n) is 8.23. The van der Waals surface area contributed by atoms with Gasteiger partial charge in [0.05, 0.1) is 17.0 Å². The Labute approximate surface area is 254 Å². The molecule has 4 aromatic rings. The number of carbonyl (C=O) groups excluding carboxylic acids is 1. The van der Waals surface area contributed by atoms with Crippen LogP contribution in [0.25, 0.3) is 0 Å². The van der Waals surface area contributed by atoms with Gasteiger partial charge >= 0.3 is 0 Å². The molecule has 0 radical (unpaired) electrons. The van der Waals surface area contributed by atoms with Crippen LogP contribution in [-0.4, -0.2) is 78.1 Å². The van der Waals surface area contributed by atoms with Crippen LogP contribution in [0.1, 0.15) is 27.3 Å². The summed E-state index contributed by atoms with van der Waals surface area (Å²) in [5.74, 6) is -2.17. The van der Waals surface area contributed by atoms with Crippen LogP contribution < -0.4 is 15.5 Å². The number of aryl methyl sites for hydroxylation is 1. The molecule has 232 valence electrons. The van der Waals surface area contributed by atoms with Crippen LogP contribution in [0.4, 0.5) is 26.0 Å². The number of nitrogens with zero attached hydrogens (tertiary/aromatic N) is 5. The fourth-order valence-corrected chi connectivity index (χ4v) is 7.04. The number of nitrogens with one attached hydrogen (secondary N) is 3. The molecule has 44 heavy (non-hydrogen) atoms. The van der Waals surface area contributed by atoms with Gasteiger partial charge in [0, 0.05) is 93.3 Å². The van der Waals surface area contributed by atoms with Crippen molar-refractivity contribution in [3.8, 4) is 0 Å². The summed E-state index contributed by atoms with van der Waals surface area (Å²) in [4.78, 5) is 17.8. The number of anilines is 3. The summed E-state index contributed by atoms with van der Waals surface area (Å²) in [5, 5.41) is 13.5. The molecule has 0 bridgehead atoms. The first-order valence-corrected chi connectivity index (χ1v) is 15.8. The Morgan fingerprint density at radius 1 is 1.00 bits per heavy atom. The number of fused-ring (bicyclic) bond motifs is 1. The predicted molar refractivity (Wildman–Crippen MR) is 163 cm³/mol. The van der Waals surface area contributed by atoms with Gasteiger partial charge in [-0.3, -0.25) is 9.89 Å². The lowest BCUT2D eigenvalue weighted by molar-refractivity contribution is 0.102. The molecule has 4 heterocycles. The van der Waals surface area contributed by atoms with Crippen molar-refractivity contribution in [1.82, 2.24) is 24.0 Å². The molecule has 14 heteroatoms. The molecule has 0 saturated carbocycles. The monoisotopic (exact) mass is 624 g/mol. The van der Waals surface area contributed by atoms with Crippen LogP contribution in [0.5, 0.6) is 0 Å². The molecular weight excluding hydrogens is 590 g/mol. The third-order valence-corrected chi connectivity index (χ3v) is 10.1. The van der Waals surface area contributed by atoms with Crippen LogP contribution in [0.3, 0.4) is 0 Å². The summed E-state index contributed by atoms with van der Waals surface area (Å²) in [6, 6.07) is 11.9. The van der Waals surface area contributed by atoms with Crippen molar-refractivity contribution in [2.24, 2.45) is 7.05 Å². The normalized spacial score (nSPS) is 16.1. The van der Waals surface area contributed by atoms with E-state index in [-0.39, 0.29) is 18.9 Å². The number of rotatable bonds is 8. The van der Waals surface area contributed by atoms with E-state index in [4.69, 9.17) is 0 Å². The maximum absolute atomic E-state index is 13.8. The number of carbonyl (C=O) groups is 1. The molecule has 3 N–H and O–H groups in total. The first-order chi connectivity index (χ1) is 21.1. The summed E-state index contributed by atoms with van der Waals surface area (Å²) in [5.41, 5.74) is 4.30. The third kappa shape index (κ3) is 6.05. The summed E-state index contributed by atoms with van der Waals surface area (Å²) in [6.07, 6.45) is 2.25. The highest BCUT2D eigenvalue weighted by atomic mass is 32.2. The second-order valence-corrected chi connectivity index (χ2v) is 13.1. The second-order valence-electron chi connectivity index (χ2n) is 11.2. The molecule has 2 aliphatic heterocycles. The largest absolute Gasteiger partial charge is 0.379 e. The number of aromatic nitrogens is 3. The Morgan fingerprint density at radius 3 is 2.45 bits per heavy atom. The number of amides is 1. The molecule has 2 aliphatic rings. The summed E-state index contributed by atoms with van der Waals surface area (Å²) < 4.78 is 57.3. The lowest BCUT2D eigenvalue weighted by Gasteiger charge is -2.34. The van der Waals surface area contributed by atoms with Gasteiger partial charge in [0.2, 0.25) is 10.0 Å². The Kier molecular flexibility index (Phi) is 8.14. The van der Waals surface area contributed by atoms with Gasteiger partial charge < -0.3 is 25.0 Å². The van der Waals surface area contributed by atoms with Crippen LogP contribution in [0.15, 0.2) is 59.6 Å². The minimum Gasteiger partial charge on any atom is -0.379 e. The SMILES string of the molecule is CN1CCN(c2ccc(C(=O)Nc3n[nH]c4c3CN(S(=O)(=O)c3cc(F)cc(F)c3)CC4)c(NCc3cccn3C)c2)CC1. The topological polar surface area (TPSA) is 119 Å². The van der Waals surface area contributed by atoms with E-state index in [0.29, 0.717) is 41.5 Å². The van der Waals surface area contributed by atoms with Gasteiger partial charge in [-0.2, -0.15) is 9.40 Å². The van der Waals surface area contributed by atoms with Crippen molar-refractivity contribution in [2.45, 2.75) is 24.4 Å². The minimum atomic E-state index is -4.20. The van der Waals surface area contributed by atoms with E-state index in [0.717, 1.165) is 54.0 Å². The van der Waals surface area contributed by atoms with Gasteiger partial charge in [-0.25, -0.2) is 17.2 Å². The molecule has 0 unspecified atom stereocenters. The Hall–Kier alpha value is -4.27. The van der Waals surface area contributed by atoms with E-state index in [1.807, 2.05) is 42.1 Å². The molecule has 6 rings (SSSR count). The van der Waals surface area contributed by atoms with Crippen LogP contribution in [0, 0.1) is 11.6 Å². The second kappa shape index (κ2) is 12.0. The zero-order valence-electron chi connectivity index (χ0n) is 24.5. The molecule has 1 saturated heterocycles. The highest BCUT2D eigenvalue weighted by molar-refractivity contribution is 7.89. The lowest BCUT2D eigenvalue weighted by Crippen LogP contribution is -2.44. The van der Waals surface area contributed by atoms with E-state index >= 15 is 0 Å². The van der Waals surface area contributed by atoms with Crippen LogP contribution in [-0.2, 0) is 36.6 Å². The number of sulfonamides is 1. The number of piperazine rings is 1. The van der Waals surface area contributed by atoms with Crippen molar-refractivity contribution in [3.63, 3.8) is 0 Å². The Balaban J connectivity index is 1.24. The number of likely N-dealkylation sites (N-methyl/N-ethyl adjacent to an activating group) is 1. The number of hydrogen-bond acceptors (Lipinski definition) is 7. The number of halogens is 2. The Bertz CT molecular complexity index is 1780. The van der Waals surface area contributed by atoms with Gasteiger partial charge in [-0.1, -0.05) is 0 Å². The standard InChI is InChI=1S/C30H34F2N8O3S/c1-37-10-12-39(13-11-37)22-5-6-25(28(17-22)33-18-23-4-3-8-38(23)2)30(41)34-29-26-19-40(9-7-27(26)35-36-29)44(42,43)24-15-20(31)14-21(32)16-24/h3-6,8,14-17,33H,7,9-13,18-19H2,1-2H3,(H2,34,35,36,41). The van der Waals surface area contributed by atoms with Crippen molar-refractivity contribution in [1.29, 1.82) is 0 Å². The number of benzene rings is 2. The smallest absolute Gasteiger partial charge is 0.258 e. The summed E-state index contributed by atoms with van der Waals surface area (Å²) in [6.45, 7) is 4.11. The molecule has 1 amide bonds. The van der Waals surface area contributed by atoms with E-state index in [2.05, 4.69) is 37.7 Å².